The summed E-state index contributed by atoms with van der Waals surface area (Å²) in [6.45, 7) is 3.98. The van der Waals surface area contributed by atoms with Crippen LogP contribution in [0.4, 0.5) is 0 Å². The Morgan fingerprint density at radius 2 is 2.00 bits per heavy atom. The Labute approximate surface area is 95.0 Å². The van der Waals surface area contributed by atoms with E-state index < -0.39 is 5.97 Å². The maximum atomic E-state index is 11.1. The van der Waals surface area contributed by atoms with Gasteiger partial charge in [0.15, 0.2) is 0 Å². The molecule has 0 aromatic heterocycles. The van der Waals surface area contributed by atoms with Crippen molar-refractivity contribution in [2.75, 3.05) is 7.11 Å². The smallest absolute Gasteiger partial charge is 0.307 e. The lowest BCUT2D eigenvalue weighted by Crippen LogP contribution is -2.03. The van der Waals surface area contributed by atoms with E-state index in [4.69, 9.17) is 9.84 Å². The Balaban J connectivity index is 2.37. The number of hydrogen-bond acceptors (Lipinski definition) is 2. The van der Waals surface area contributed by atoms with Gasteiger partial charge in [0.05, 0.1) is 13.0 Å². The summed E-state index contributed by atoms with van der Waals surface area (Å²) in [4.78, 5) is 11.1. The Morgan fingerprint density at radius 3 is 2.50 bits per heavy atom. The molecule has 0 radical (unpaired) electrons. The lowest BCUT2D eigenvalue weighted by Gasteiger charge is -2.08. The van der Waals surface area contributed by atoms with E-state index in [1.807, 2.05) is 38.1 Å². The molecule has 2 atom stereocenters. The van der Waals surface area contributed by atoms with Gasteiger partial charge in [0.25, 0.3) is 0 Å². The summed E-state index contributed by atoms with van der Waals surface area (Å²) in [6.07, 6.45) is 0. The highest BCUT2D eigenvalue weighted by atomic mass is 16.5. The molecule has 0 spiro atoms. The van der Waals surface area contributed by atoms with Crippen LogP contribution in [0.1, 0.15) is 25.3 Å². The quantitative estimate of drug-likeness (QED) is 0.851. The molecule has 0 amide bonds. The first-order valence-electron chi connectivity index (χ1n) is 5.36. The maximum absolute atomic E-state index is 11.1. The fourth-order valence-corrected chi connectivity index (χ4v) is 2.60. The predicted molar refractivity (Wildman–Crippen MR) is 60.6 cm³/mol. The average molecular weight is 220 g/mol. The number of benzene rings is 1. The summed E-state index contributed by atoms with van der Waals surface area (Å²) in [5, 5.41) is 9.14. The molecule has 1 N–H and O–H groups in total. The Morgan fingerprint density at radius 1 is 1.38 bits per heavy atom. The summed E-state index contributed by atoms with van der Waals surface area (Å²) in [5.74, 6) is -0.185. The number of ether oxygens (including phenoxy) is 1. The van der Waals surface area contributed by atoms with Gasteiger partial charge in [0.2, 0.25) is 0 Å². The summed E-state index contributed by atoms with van der Waals surface area (Å²) >= 11 is 0. The van der Waals surface area contributed by atoms with Crippen LogP contribution in [0.15, 0.2) is 24.3 Å². The lowest BCUT2D eigenvalue weighted by atomic mass is 10.0. The molecule has 1 aromatic carbocycles. The zero-order chi connectivity index (χ0) is 11.9. The number of carbonyl (C=O) groups is 1. The number of carboxylic acid groups (broad SMARTS) is 1. The molecule has 86 valence electrons. The number of para-hydroxylation sites is 1. The van der Waals surface area contributed by atoms with Crippen LogP contribution in [0.3, 0.4) is 0 Å². The van der Waals surface area contributed by atoms with E-state index in [-0.39, 0.29) is 17.3 Å². The van der Waals surface area contributed by atoms with E-state index in [0.29, 0.717) is 0 Å². The summed E-state index contributed by atoms with van der Waals surface area (Å²) in [5.41, 5.74) is 0.822. The van der Waals surface area contributed by atoms with Gasteiger partial charge >= 0.3 is 5.97 Å². The molecule has 2 rings (SSSR count). The molecule has 3 nitrogen and oxygen atoms in total. The van der Waals surface area contributed by atoms with Crippen molar-refractivity contribution in [1.82, 2.24) is 0 Å². The number of hydrogen-bond donors (Lipinski definition) is 1. The molecule has 1 aliphatic carbocycles. The first kappa shape index (κ1) is 11.0. The van der Waals surface area contributed by atoms with E-state index in [1.165, 1.54) is 0 Å². The first-order chi connectivity index (χ1) is 7.50. The van der Waals surface area contributed by atoms with Gasteiger partial charge in [0.1, 0.15) is 5.75 Å². The van der Waals surface area contributed by atoms with Crippen molar-refractivity contribution >= 4 is 5.97 Å². The second-order valence-corrected chi connectivity index (χ2v) is 4.86. The van der Waals surface area contributed by atoms with Crippen molar-refractivity contribution in [2.24, 2.45) is 11.3 Å². The van der Waals surface area contributed by atoms with Gasteiger partial charge in [-0.2, -0.15) is 0 Å². The molecule has 0 bridgehead atoms. The molecule has 1 aromatic rings. The van der Waals surface area contributed by atoms with Crippen LogP contribution in [0.2, 0.25) is 0 Å². The molecule has 0 aliphatic heterocycles. The van der Waals surface area contributed by atoms with E-state index in [9.17, 15) is 4.79 Å². The van der Waals surface area contributed by atoms with Gasteiger partial charge in [-0.1, -0.05) is 32.0 Å². The fourth-order valence-electron chi connectivity index (χ4n) is 2.60. The number of methoxy groups -OCH3 is 1. The SMILES string of the molecule is COc1ccccc1C1C(C(=O)O)C1(C)C. The minimum absolute atomic E-state index is 0.0566. The topological polar surface area (TPSA) is 46.5 Å². The van der Waals surface area contributed by atoms with Crippen LogP contribution in [-0.4, -0.2) is 18.2 Å². The summed E-state index contributed by atoms with van der Waals surface area (Å²) < 4.78 is 5.28. The third-order valence-electron chi connectivity index (χ3n) is 3.57. The van der Waals surface area contributed by atoms with Gasteiger partial charge in [-0.15, -0.1) is 0 Å². The third-order valence-corrected chi connectivity index (χ3v) is 3.57. The predicted octanol–water partition coefficient (Wildman–Crippen LogP) is 2.52. The molecular weight excluding hydrogens is 204 g/mol. The molecule has 0 heterocycles. The molecule has 3 heteroatoms. The maximum Gasteiger partial charge on any atom is 0.307 e. The summed E-state index contributed by atoms with van der Waals surface area (Å²) in [6, 6.07) is 7.65. The standard InChI is InChI=1S/C13H16O3/c1-13(2)10(11(13)12(14)15)8-6-4-5-7-9(8)16-3/h4-7,10-11H,1-3H3,(H,14,15). The first-order valence-corrected chi connectivity index (χ1v) is 5.36. The van der Waals surface area contributed by atoms with Crippen LogP contribution >= 0.6 is 0 Å². The number of carboxylic acids is 1. The third kappa shape index (κ3) is 1.47. The highest BCUT2D eigenvalue weighted by Gasteiger charge is 2.63. The van der Waals surface area contributed by atoms with Gasteiger partial charge in [0, 0.05) is 5.92 Å². The van der Waals surface area contributed by atoms with Gasteiger partial charge < -0.3 is 9.84 Å². The average Bonchev–Trinajstić information content (AvgIpc) is 2.81. The van der Waals surface area contributed by atoms with E-state index in [1.54, 1.807) is 7.11 Å². The van der Waals surface area contributed by atoms with Crippen molar-refractivity contribution in [3.8, 4) is 5.75 Å². The van der Waals surface area contributed by atoms with Gasteiger partial charge in [-0.25, -0.2) is 0 Å². The van der Waals surface area contributed by atoms with Crippen molar-refractivity contribution in [1.29, 1.82) is 0 Å². The molecule has 1 aliphatic rings. The second-order valence-electron chi connectivity index (χ2n) is 4.86. The van der Waals surface area contributed by atoms with Crippen molar-refractivity contribution in [3.63, 3.8) is 0 Å². The minimum atomic E-state index is -0.721. The van der Waals surface area contributed by atoms with Gasteiger partial charge in [-0.05, 0) is 17.0 Å². The van der Waals surface area contributed by atoms with Crippen molar-refractivity contribution in [3.05, 3.63) is 29.8 Å². The van der Waals surface area contributed by atoms with Crippen LogP contribution in [0, 0.1) is 11.3 Å². The molecule has 2 unspecified atom stereocenters. The van der Waals surface area contributed by atoms with E-state index >= 15 is 0 Å². The van der Waals surface area contributed by atoms with Crippen LogP contribution in [0.5, 0.6) is 5.75 Å². The summed E-state index contributed by atoms with van der Waals surface area (Å²) in [7, 11) is 1.62. The fraction of sp³-hybridized carbons (Fsp3) is 0.462. The number of aliphatic carboxylic acids is 1. The molecule has 1 fully saturated rings. The Hall–Kier alpha value is -1.51. The van der Waals surface area contributed by atoms with Crippen molar-refractivity contribution < 1.29 is 14.6 Å². The Bertz CT molecular complexity index is 423. The largest absolute Gasteiger partial charge is 0.496 e. The molecule has 16 heavy (non-hydrogen) atoms. The molecule has 0 saturated heterocycles. The minimum Gasteiger partial charge on any atom is -0.496 e. The normalized spacial score (nSPS) is 26.2. The Kier molecular flexibility index (Phi) is 2.41. The van der Waals surface area contributed by atoms with E-state index in [2.05, 4.69) is 0 Å². The highest BCUT2D eigenvalue weighted by molar-refractivity contribution is 5.78. The van der Waals surface area contributed by atoms with E-state index in [0.717, 1.165) is 11.3 Å². The van der Waals surface area contributed by atoms with Crippen LogP contribution < -0.4 is 4.74 Å². The highest BCUT2D eigenvalue weighted by Crippen LogP contribution is 2.65. The molecule has 1 saturated carbocycles. The zero-order valence-corrected chi connectivity index (χ0v) is 9.73. The van der Waals surface area contributed by atoms with Crippen molar-refractivity contribution in [2.45, 2.75) is 19.8 Å². The second kappa shape index (κ2) is 3.51. The lowest BCUT2D eigenvalue weighted by molar-refractivity contribution is -0.139. The monoisotopic (exact) mass is 220 g/mol. The molecular formula is C13H16O3. The number of rotatable bonds is 3. The van der Waals surface area contributed by atoms with Crippen LogP contribution in [0.25, 0.3) is 0 Å². The van der Waals surface area contributed by atoms with Gasteiger partial charge in [-0.3, -0.25) is 4.79 Å². The zero-order valence-electron chi connectivity index (χ0n) is 9.73. The van der Waals surface area contributed by atoms with Crippen LogP contribution in [-0.2, 0) is 4.79 Å².